The lowest BCUT2D eigenvalue weighted by Crippen LogP contribution is -2.45. The van der Waals surface area contributed by atoms with E-state index in [4.69, 9.17) is 0 Å². The Morgan fingerprint density at radius 3 is 2.50 bits per heavy atom. The number of imide groups is 1. The number of rotatable bonds is 4. The van der Waals surface area contributed by atoms with Crippen LogP contribution >= 0.6 is 11.3 Å². The molecule has 0 bridgehead atoms. The van der Waals surface area contributed by atoms with E-state index >= 15 is 0 Å². The quantitative estimate of drug-likeness (QED) is 0.598. The maximum atomic E-state index is 13.6. The number of hydrogen-bond acceptors (Lipinski definition) is 5. The molecular formula is C24H24N4O3S. The second kappa shape index (κ2) is 7.70. The molecule has 1 aliphatic carbocycles. The second-order valence-electron chi connectivity index (χ2n) is 8.65. The van der Waals surface area contributed by atoms with Crippen LogP contribution in [0.15, 0.2) is 42.5 Å². The molecule has 2 fully saturated rings. The highest BCUT2D eigenvalue weighted by Crippen LogP contribution is 2.37. The van der Waals surface area contributed by atoms with Crippen LogP contribution in [-0.4, -0.2) is 39.8 Å². The molecule has 7 nitrogen and oxygen atoms in total. The smallest absolute Gasteiger partial charge is 0.323 e. The standard InChI is InChI=1S/C24H24N4O3S/c1-15-11-16(2)13-17(12-15)28(23-25-18-7-3-4-8-19(18)32-23)20(29)14-27-21(30)24(26-22(27)31)9-5-6-10-24/h3-4,7-8,11-13H,5-6,9-10,14H2,1-2H3,(H,26,31). The van der Waals surface area contributed by atoms with E-state index in [1.165, 1.54) is 16.2 Å². The number of aromatic nitrogens is 1. The number of nitrogens with zero attached hydrogens (tertiary/aromatic N) is 3. The number of amides is 4. The number of carbonyl (C=O) groups is 3. The molecule has 0 unspecified atom stereocenters. The van der Waals surface area contributed by atoms with E-state index in [0.717, 1.165) is 39.1 Å². The van der Waals surface area contributed by atoms with Crippen molar-refractivity contribution in [3.05, 3.63) is 53.6 Å². The summed E-state index contributed by atoms with van der Waals surface area (Å²) in [6.07, 6.45) is 3.05. The van der Waals surface area contributed by atoms with Gasteiger partial charge in [-0.3, -0.25) is 19.4 Å². The summed E-state index contributed by atoms with van der Waals surface area (Å²) >= 11 is 1.41. The number of hydrogen-bond donors (Lipinski definition) is 1. The number of carbonyl (C=O) groups excluding carboxylic acids is 3. The van der Waals surface area contributed by atoms with E-state index in [9.17, 15) is 14.4 Å². The van der Waals surface area contributed by atoms with Gasteiger partial charge in [0.1, 0.15) is 12.1 Å². The summed E-state index contributed by atoms with van der Waals surface area (Å²) in [6.45, 7) is 3.62. The Kier molecular flexibility index (Phi) is 4.97. The summed E-state index contributed by atoms with van der Waals surface area (Å²) in [7, 11) is 0. The molecule has 0 atom stereocenters. The lowest BCUT2D eigenvalue weighted by Gasteiger charge is -2.24. The van der Waals surface area contributed by atoms with Crippen LogP contribution in [0.3, 0.4) is 0 Å². The highest BCUT2D eigenvalue weighted by atomic mass is 32.1. The molecule has 0 radical (unpaired) electrons. The number of thiazole rings is 1. The zero-order chi connectivity index (χ0) is 22.5. The number of benzene rings is 2. The van der Waals surface area contributed by atoms with Crippen LogP contribution < -0.4 is 10.2 Å². The fourth-order valence-electron chi connectivity index (χ4n) is 4.74. The van der Waals surface area contributed by atoms with E-state index < -0.39 is 11.6 Å². The summed E-state index contributed by atoms with van der Waals surface area (Å²) in [4.78, 5) is 46.6. The van der Waals surface area contributed by atoms with Crippen LogP contribution in [0.1, 0.15) is 36.8 Å². The second-order valence-corrected chi connectivity index (χ2v) is 9.66. The molecule has 1 N–H and O–H groups in total. The van der Waals surface area contributed by atoms with Gasteiger partial charge < -0.3 is 5.32 Å². The first kappa shape index (κ1) is 20.6. The SMILES string of the molecule is Cc1cc(C)cc(N(C(=O)CN2C(=O)NC3(CCCC3)C2=O)c2nc3ccccc3s2)c1. The Morgan fingerprint density at radius 1 is 1.12 bits per heavy atom. The summed E-state index contributed by atoms with van der Waals surface area (Å²) < 4.78 is 0.963. The Bertz CT molecular complexity index is 1190. The molecule has 5 rings (SSSR count). The summed E-state index contributed by atoms with van der Waals surface area (Å²) in [6, 6.07) is 13.1. The number of aryl methyl sites for hydroxylation is 2. The van der Waals surface area contributed by atoms with Crippen molar-refractivity contribution in [2.45, 2.75) is 45.1 Å². The fourth-order valence-corrected chi connectivity index (χ4v) is 5.74. The molecule has 8 heteroatoms. The Labute approximate surface area is 190 Å². The average Bonchev–Trinajstić information content (AvgIpc) is 3.43. The molecule has 1 spiro atoms. The predicted octanol–water partition coefficient (Wildman–Crippen LogP) is 4.44. The van der Waals surface area contributed by atoms with Crippen LogP contribution in [-0.2, 0) is 9.59 Å². The highest BCUT2D eigenvalue weighted by molar-refractivity contribution is 7.22. The van der Waals surface area contributed by atoms with Gasteiger partial charge in [-0.1, -0.05) is 42.4 Å². The van der Waals surface area contributed by atoms with Gasteiger partial charge in [0.25, 0.3) is 11.8 Å². The molecule has 1 saturated heterocycles. The molecule has 2 heterocycles. The number of anilines is 2. The van der Waals surface area contributed by atoms with Gasteiger partial charge in [0.2, 0.25) is 0 Å². The van der Waals surface area contributed by atoms with Gasteiger partial charge in [-0.15, -0.1) is 0 Å². The zero-order valence-corrected chi connectivity index (χ0v) is 18.9. The van der Waals surface area contributed by atoms with E-state index in [0.29, 0.717) is 23.7 Å². The van der Waals surface area contributed by atoms with Crippen molar-refractivity contribution in [1.82, 2.24) is 15.2 Å². The van der Waals surface area contributed by atoms with Crippen LogP contribution in [0, 0.1) is 13.8 Å². The van der Waals surface area contributed by atoms with Gasteiger partial charge in [-0.25, -0.2) is 9.78 Å². The minimum absolute atomic E-state index is 0.293. The molecular weight excluding hydrogens is 424 g/mol. The van der Waals surface area contributed by atoms with Crippen LogP contribution in [0.5, 0.6) is 0 Å². The average molecular weight is 449 g/mol. The van der Waals surface area contributed by atoms with Gasteiger partial charge in [0.05, 0.1) is 15.9 Å². The minimum Gasteiger partial charge on any atom is -0.323 e. The monoisotopic (exact) mass is 448 g/mol. The fraction of sp³-hybridized carbons (Fsp3) is 0.333. The van der Waals surface area contributed by atoms with Crippen molar-refractivity contribution < 1.29 is 14.4 Å². The van der Waals surface area contributed by atoms with Gasteiger partial charge in [-0.05, 0) is 62.1 Å². The third kappa shape index (κ3) is 3.44. The first-order valence-electron chi connectivity index (χ1n) is 10.8. The van der Waals surface area contributed by atoms with E-state index in [1.807, 2.05) is 56.3 Å². The number of nitrogens with one attached hydrogen (secondary N) is 1. The largest absolute Gasteiger partial charge is 0.325 e. The molecule has 2 aliphatic rings. The molecule has 32 heavy (non-hydrogen) atoms. The van der Waals surface area contributed by atoms with E-state index in [1.54, 1.807) is 0 Å². The van der Waals surface area contributed by atoms with Gasteiger partial charge in [0.15, 0.2) is 5.13 Å². The van der Waals surface area contributed by atoms with Crippen LogP contribution in [0.25, 0.3) is 10.2 Å². The Balaban J connectivity index is 1.52. The van der Waals surface area contributed by atoms with Crippen molar-refractivity contribution in [3.8, 4) is 0 Å². The molecule has 1 aliphatic heterocycles. The van der Waals surface area contributed by atoms with Crippen molar-refractivity contribution >= 4 is 50.2 Å². The molecule has 3 aromatic rings. The summed E-state index contributed by atoms with van der Waals surface area (Å²) in [5.74, 6) is -0.661. The zero-order valence-electron chi connectivity index (χ0n) is 18.1. The molecule has 1 saturated carbocycles. The lowest BCUT2D eigenvalue weighted by molar-refractivity contribution is -0.134. The molecule has 1 aromatic heterocycles. The third-order valence-corrected chi connectivity index (χ3v) is 7.21. The summed E-state index contributed by atoms with van der Waals surface area (Å²) in [5, 5.41) is 3.36. The third-order valence-electron chi connectivity index (χ3n) is 6.18. The Morgan fingerprint density at radius 2 is 1.81 bits per heavy atom. The molecule has 4 amide bonds. The predicted molar refractivity (Wildman–Crippen MR) is 124 cm³/mol. The summed E-state index contributed by atoms with van der Waals surface area (Å²) in [5.41, 5.74) is 2.67. The maximum Gasteiger partial charge on any atom is 0.325 e. The first-order chi connectivity index (χ1) is 15.4. The van der Waals surface area contributed by atoms with Crippen molar-refractivity contribution in [3.63, 3.8) is 0 Å². The van der Waals surface area contributed by atoms with Gasteiger partial charge in [-0.2, -0.15) is 0 Å². The number of urea groups is 1. The van der Waals surface area contributed by atoms with Crippen molar-refractivity contribution in [2.24, 2.45) is 0 Å². The topological polar surface area (TPSA) is 82.6 Å². The van der Waals surface area contributed by atoms with Crippen LogP contribution in [0.4, 0.5) is 15.6 Å². The number of para-hydroxylation sites is 1. The normalized spacial score (nSPS) is 17.4. The van der Waals surface area contributed by atoms with Gasteiger partial charge in [0, 0.05) is 0 Å². The minimum atomic E-state index is -0.835. The van der Waals surface area contributed by atoms with Crippen molar-refractivity contribution in [1.29, 1.82) is 0 Å². The first-order valence-corrected chi connectivity index (χ1v) is 11.6. The van der Waals surface area contributed by atoms with Gasteiger partial charge >= 0.3 is 6.03 Å². The molecule has 164 valence electrons. The van der Waals surface area contributed by atoms with Crippen molar-refractivity contribution in [2.75, 3.05) is 11.4 Å². The number of fused-ring (bicyclic) bond motifs is 1. The maximum absolute atomic E-state index is 13.6. The van der Waals surface area contributed by atoms with E-state index in [2.05, 4.69) is 10.3 Å². The highest BCUT2D eigenvalue weighted by Gasteiger charge is 2.53. The Hall–Kier alpha value is -3.26. The lowest BCUT2D eigenvalue weighted by atomic mass is 9.98. The molecule has 2 aromatic carbocycles. The van der Waals surface area contributed by atoms with E-state index in [-0.39, 0.29) is 18.4 Å². The van der Waals surface area contributed by atoms with Crippen LogP contribution in [0.2, 0.25) is 0 Å².